The van der Waals surface area contributed by atoms with Gasteiger partial charge in [0, 0.05) is 0 Å². The predicted octanol–water partition coefficient (Wildman–Crippen LogP) is 3.51. The van der Waals surface area contributed by atoms with Crippen LogP contribution in [0.1, 0.15) is 54.0 Å². The van der Waals surface area contributed by atoms with Gasteiger partial charge in [-0.1, -0.05) is 50.1 Å². The second-order valence-electron chi connectivity index (χ2n) is 7.40. The van der Waals surface area contributed by atoms with Crippen molar-refractivity contribution in [3.8, 4) is 5.75 Å². The molecule has 0 aliphatic carbocycles. The Bertz CT molecular complexity index is 878. The molecule has 0 radical (unpaired) electrons. The Morgan fingerprint density at radius 1 is 0.963 bits per heavy atom. The zero-order valence-electron chi connectivity index (χ0n) is 15.7. The Morgan fingerprint density at radius 2 is 1.56 bits per heavy atom. The zero-order valence-corrected chi connectivity index (χ0v) is 15.7. The molecule has 27 heavy (non-hydrogen) atoms. The van der Waals surface area contributed by atoms with Crippen LogP contribution in [0, 0.1) is 0 Å². The van der Waals surface area contributed by atoms with Crippen LogP contribution in [0.4, 0.5) is 0 Å². The molecule has 2 aromatic rings. The van der Waals surface area contributed by atoms with Crippen molar-refractivity contribution in [2.45, 2.75) is 39.2 Å². The summed E-state index contributed by atoms with van der Waals surface area (Å²) >= 11 is 0. The maximum absolute atomic E-state index is 12.3. The summed E-state index contributed by atoms with van der Waals surface area (Å²) in [5, 5.41) is 0.485. The van der Waals surface area contributed by atoms with E-state index in [1.165, 1.54) is 19.1 Å². The molecule has 1 atom stereocenters. The van der Waals surface area contributed by atoms with Crippen molar-refractivity contribution in [1.82, 2.24) is 5.06 Å². The molecule has 0 N–H and O–H groups in total. The van der Waals surface area contributed by atoms with Crippen molar-refractivity contribution in [1.29, 1.82) is 0 Å². The highest BCUT2D eigenvalue weighted by Crippen LogP contribution is 2.27. The van der Waals surface area contributed by atoms with Gasteiger partial charge in [0.05, 0.1) is 11.1 Å². The molecule has 6 nitrogen and oxygen atoms in total. The van der Waals surface area contributed by atoms with E-state index in [4.69, 9.17) is 9.57 Å². The summed E-state index contributed by atoms with van der Waals surface area (Å²) in [6.45, 7) is 7.73. The minimum Gasteiger partial charge on any atom is -0.479 e. The van der Waals surface area contributed by atoms with E-state index in [0.29, 0.717) is 10.8 Å². The normalized spacial score (nSPS) is 14.7. The summed E-state index contributed by atoms with van der Waals surface area (Å²) in [4.78, 5) is 41.9. The second kappa shape index (κ2) is 6.87. The Balaban J connectivity index is 1.69. The molecule has 0 saturated heterocycles. The van der Waals surface area contributed by atoms with Gasteiger partial charge in [-0.05, 0) is 42.2 Å². The third kappa shape index (κ3) is 3.69. The summed E-state index contributed by atoms with van der Waals surface area (Å²) in [5.74, 6) is -1.64. The van der Waals surface area contributed by atoms with Gasteiger partial charge in [0.2, 0.25) is 0 Å². The number of imide groups is 1. The number of benzene rings is 2. The van der Waals surface area contributed by atoms with Crippen molar-refractivity contribution in [2.24, 2.45) is 0 Å². The summed E-state index contributed by atoms with van der Waals surface area (Å²) in [6, 6.07) is 13.7. The molecule has 6 heteroatoms. The average Bonchev–Trinajstić information content (AvgIpc) is 2.86. The number of fused-ring (bicyclic) bond motifs is 1. The highest BCUT2D eigenvalue weighted by atomic mass is 16.7. The molecule has 3 rings (SSSR count). The molecule has 2 aromatic carbocycles. The number of hydrogen-bond acceptors (Lipinski definition) is 5. The van der Waals surface area contributed by atoms with Crippen LogP contribution in [0.25, 0.3) is 0 Å². The predicted molar refractivity (Wildman–Crippen MR) is 98.3 cm³/mol. The molecule has 1 heterocycles. The maximum atomic E-state index is 12.3. The average molecular weight is 367 g/mol. The number of rotatable bonds is 4. The van der Waals surface area contributed by atoms with Crippen molar-refractivity contribution < 1.29 is 24.0 Å². The fraction of sp³-hybridized carbons (Fsp3) is 0.286. The molecule has 1 aliphatic heterocycles. The third-order valence-electron chi connectivity index (χ3n) is 4.28. The maximum Gasteiger partial charge on any atom is 0.373 e. The lowest BCUT2D eigenvalue weighted by molar-refractivity contribution is -0.176. The number of carbonyl (C=O) groups is 3. The van der Waals surface area contributed by atoms with Crippen molar-refractivity contribution in [2.75, 3.05) is 0 Å². The summed E-state index contributed by atoms with van der Waals surface area (Å²) in [7, 11) is 0. The van der Waals surface area contributed by atoms with Crippen LogP contribution in [0.15, 0.2) is 48.5 Å². The van der Waals surface area contributed by atoms with Gasteiger partial charge in [-0.3, -0.25) is 9.59 Å². The fourth-order valence-corrected chi connectivity index (χ4v) is 2.70. The van der Waals surface area contributed by atoms with Gasteiger partial charge in [-0.25, -0.2) is 4.79 Å². The van der Waals surface area contributed by atoms with E-state index in [-0.39, 0.29) is 16.5 Å². The Kier molecular flexibility index (Phi) is 4.74. The Morgan fingerprint density at radius 3 is 2.11 bits per heavy atom. The lowest BCUT2D eigenvalue weighted by Crippen LogP contribution is -2.37. The molecule has 140 valence electrons. The number of hydroxylamine groups is 2. The van der Waals surface area contributed by atoms with Gasteiger partial charge < -0.3 is 9.57 Å². The topological polar surface area (TPSA) is 72.9 Å². The fourth-order valence-electron chi connectivity index (χ4n) is 2.70. The molecule has 1 aliphatic rings. The van der Waals surface area contributed by atoms with E-state index in [9.17, 15) is 14.4 Å². The first-order chi connectivity index (χ1) is 12.7. The lowest BCUT2D eigenvalue weighted by Gasteiger charge is -2.21. The quantitative estimate of drug-likeness (QED) is 0.773. The smallest absolute Gasteiger partial charge is 0.373 e. The number of amides is 2. The Labute approximate surface area is 157 Å². The standard InChI is InChI=1S/C21H21NO5/c1-13(26-15-9-7-8-14(12-15)21(2,3)4)20(25)27-22-18(23)16-10-5-6-11-17(16)19(22)24/h5-13H,1-4H3. The molecule has 0 aromatic heterocycles. The molecule has 0 spiro atoms. The van der Waals surface area contributed by atoms with Crippen LogP contribution >= 0.6 is 0 Å². The van der Waals surface area contributed by atoms with Crippen LogP contribution in [0.5, 0.6) is 5.75 Å². The SMILES string of the molecule is CC(Oc1cccc(C(C)(C)C)c1)C(=O)ON1C(=O)c2ccccc2C1=O. The Hall–Kier alpha value is -3.15. The first-order valence-electron chi connectivity index (χ1n) is 8.65. The second-order valence-corrected chi connectivity index (χ2v) is 7.40. The van der Waals surface area contributed by atoms with Gasteiger partial charge >= 0.3 is 5.97 Å². The van der Waals surface area contributed by atoms with Crippen molar-refractivity contribution in [3.05, 3.63) is 65.2 Å². The molecule has 0 saturated carbocycles. The first-order valence-corrected chi connectivity index (χ1v) is 8.65. The number of nitrogens with zero attached hydrogens (tertiary/aromatic N) is 1. The van der Waals surface area contributed by atoms with E-state index in [0.717, 1.165) is 5.56 Å². The zero-order chi connectivity index (χ0) is 19.8. The minimum absolute atomic E-state index is 0.0662. The van der Waals surface area contributed by atoms with Gasteiger partial charge in [0.1, 0.15) is 5.75 Å². The first kappa shape index (κ1) is 18.6. The van der Waals surface area contributed by atoms with Gasteiger partial charge in [0.15, 0.2) is 6.10 Å². The summed E-state index contributed by atoms with van der Waals surface area (Å²) < 4.78 is 5.65. The van der Waals surface area contributed by atoms with E-state index in [2.05, 4.69) is 20.8 Å². The largest absolute Gasteiger partial charge is 0.479 e. The number of hydrogen-bond donors (Lipinski definition) is 0. The molecular formula is C21H21NO5. The molecule has 2 amide bonds. The van der Waals surface area contributed by atoms with Crippen molar-refractivity contribution >= 4 is 17.8 Å². The van der Waals surface area contributed by atoms with E-state index in [1.54, 1.807) is 18.2 Å². The van der Waals surface area contributed by atoms with E-state index < -0.39 is 23.9 Å². The third-order valence-corrected chi connectivity index (χ3v) is 4.28. The monoisotopic (exact) mass is 367 g/mol. The van der Waals surface area contributed by atoms with Crippen LogP contribution in [0.2, 0.25) is 0 Å². The molecule has 1 unspecified atom stereocenters. The van der Waals surface area contributed by atoms with Crippen LogP contribution in [-0.2, 0) is 15.0 Å². The van der Waals surface area contributed by atoms with Crippen LogP contribution < -0.4 is 4.74 Å². The van der Waals surface area contributed by atoms with Gasteiger partial charge in [-0.2, -0.15) is 0 Å². The summed E-state index contributed by atoms with van der Waals surface area (Å²) in [6.07, 6.45) is -0.996. The van der Waals surface area contributed by atoms with E-state index >= 15 is 0 Å². The lowest BCUT2D eigenvalue weighted by atomic mass is 9.87. The van der Waals surface area contributed by atoms with Gasteiger partial charge in [-0.15, -0.1) is 0 Å². The molecule has 0 fully saturated rings. The van der Waals surface area contributed by atoms with E-state index in [1.807, 2.05) is 18.2 Å². The highest BCUT2D eigenvalue weighted by molar-refractivity contribution is 6.20. The molecule has 0 bridgehead atoms. The van der Waals surface area contributed by atoms with Crippen LogP contribution in [-0.4, -0.2) is 29.0 Å². The van der Waals surface area contributed by atoms with Gasteiger partial charge in [0.25, 0.3) is 11.8 Å². The number of carbonyl (C=O) groups excluding carboxylic acids is 3. The number of ether oxygens (including phenoxy) is 1. The summed E-state index contributed by atoms with van der Waals surface area (Å²) in [5.41, 5.74) is 1.41. The van der Waals surface area contributed by atoms with Crippen molar-refractivity contribution in [3.63, 3.8) is 0 Å². The molecular weight excluding hydrogens is 346 g/mol. The minimum atomic E-state index is -0.996. The van der Waals surface area contributed by atoms with Crippen LogP contribution in [0.3, 0.4) is 0 Å². The highest BCUT2D eigenvalue weighted by Gasteiger charge is 2.39.